The first kappa shape index (κ1) is 23.1. The zero-order chi connectivity index (χ0) is 21.9. The lowest BCUT2D eigenvalue weighted by Gasteiger charge is -2.32. The van der Waals surface area contributed by atoms with Crippen molar-refractivity contribution in [3.8, 4) is 0 Å². The zero-order valence-corrected chi connectivity index (χ0v) is 19.5. The van der Waals surface area contributed by atoms with Gasteiger partial charge in [0.05, 0.1) is 16.3 Å². The maximum atomic E-state index is 13.2. The van der Waals surface area contributed by atoms with Gasteiger partial charge in [-0.1, -0.05) is 26.2 Å². The summed E-state index contributed by atoms with van der Waals surface area (Å²) < 4.78 is 28.0. The Morgan fingerprint density at radius 3 is 2.67 bits per heavy atom. The molecule has 30 heavy (non-hydrogen) atoms. The summed E-state index contributed by atoms with van der Waals surface area (Å²) in [5.41, 5.74) is 0.494. The standard InChI is InChI=1S/C21H31N3O4S2/c1-4-15(2)22-20(25)13-24-18-12-17(10-11-19(18)29-14-21(24)26)30(27,28)23(3)16-8-6-5-7-9-16/h10-12,15-16H,4-9,13-14H2,1-3H3,(H,22,25)/t15-/m0/s1. The fourth-order valence-corrected chi connectivity index (χ4v) is 6.24. The summed E-state index contributed by atoms with van der Waals surface area (Å²) in [7, 11) is -2.04. The number of thioether (sulfide) groups is 1. The number of amides is 2. The van der Waals surface area contributed by atoms with E-state index in [9.17, 15) is 18.0 Å². The minimum absolute atomic E-state index is 0.00759. The summed E-state index contributed by atoms with van der Waals surface area (Å²) in [6.07, 6.45) is 5.77. The Morgan fingerprint density at radius 2 is 2.00 bits per heavy atom. The number of carbonyl (C=O) groups excluding carboxylic acids is 2. The second kappa shape index (κ2) is 9.70. The molecule has 9 heteroatoms. The van der Waals surface area contributed by atoms with Gasteiger partial charge in [-0.2, -0.15) is 4.31 Å². The number of sulfonamides is 1. The molecule has 0 radical (unpaired) electrons. The molecule has 0 unspecified atom stereocenters. The third-order valence-electron chi connectivity index (χ3n) is 5.96. The lowest BCUT2D eigenvalue weighted by atomic mass is 9.96. The molecule has 2 aliphatic rings. The van der Waals surface area contributed by atoms with Gasteiger partial charge in [0.25, 0.3) is 0 Å². The molecular weight excluding hydrogens is 422 g/mol. The van der Waals surface area contributed by atoms with Crippen molar-refractivity contribution in [3.63, 3.8) is 0 Å². The Hall–Kier alpha value is -1.58. The third kappa shape index (κ3) is 5.00. The maximum absolute atomic E-state index is 13.2. The van der Waals surface area contributed by atoms with Crippen molar-refractivity contribution in [2.45, 2.75) is 74.2 Å². The highest BCUT2D eigenvalue weighted by atomic mass is 32.2. The van der Waals surface area contributed by atoms with E-state index in [0.29, 0.717) is 5.69 Å². The lowest BCUT2D eigenvalue weighted by molar-refractivity contribution is -0.123. The number of rotatable bonds is 7. The van der Waals surface area contributed by atoms with Crippen LogP contribution in [0.2, 0.25) is 0 Å². The molecule has 1 heterocycles. The van der Waals surface area contributed by atoms with Crippen LogP contribution in [-0.2, 0) is 19.6 Å². The van der Waals surface area contributed by atoms with Gasteiger partial charge in [-0.3, -0.25) is 9.59 Å². The van der Waals surface area contributed by atoms with Gasteiger partial charge < -0.3 is 10.2 Å². The van der Waals surface area contributed by atoms with E-state index in [0.717, 1.165) is 43.4 Å². The molecular formula is C21H31N3O4S2. The predicted octanol–water partition coefficient (Wildman–Crippen LogP) is 2.99. The second-order valence-electron chi connectivity index (χ2n) is 8.09. The molecule has 1 atom stereocenters. The van der Waals surface area contributed by atoms with E-state index in [4.69, 9.17) is 0 Å². The van der Waals surface area contributed by atoms with Gasteiger partial charge in [0.2, 0.25) is 21.8 Å². The van der Waals surface area contributed by atoms with Gasteiger partial charge in [-0.15, -0.1) is 11.8 Å². The normalized spacial score (nSPS) is 18.9. The van der Waals surface area contributed by atoms with Crippen LogP contribution in [-0.4, -0.2) is 56.0 Å². The van der Waals surface area contributed by atoms with Crippen LogP contribution in [0.15, 0.2) is 28.0 Å². The highest BCUT2D eigenvalue weighted by Crippen LogP contribution is 2.38. The molecule has 0 saturated heterocycles. The molecule has 1 aliphatic carbocycles. The molecule has 3 rings (SSSR count). The summed E-state index contributed by atoms with van der Waals surface area (Å²) in [5.74, 6) is -0.206. The highest BCUT2D eigenvalue weighted by molar-refractivity contribution is 8.00. The van der Waals surface area contributed by atoms with Gasteiger partial charge in [0.1, 0.15) is 6.54 Å². The topological polar surface area (TPSA) is 86.8 Å². The average molecular weight is 454 g/mol. The highest BCUT2D eigenvalue weighted by Gasteiger charge is 2.32. The Bertz CT molecular complexity index is 898. The molecule has 0 spiro atoms. The Kier molecular flexibility index (Phi) is 7.47. The quantitative estimate of drug-likeness (QED) is 0.686. The first-order valence-electron chi connectivity index (χ1n) is 10.6. The number of anilines is 1. The molecule has 1 saturated carbocycles. The van der Waals surface area contributed by atoms with Crippen LogP contribution in [0.4, 0.5) is 5.69 Å². The number of hydrogen-bond donors (Lipinski definition) is 1. The van der Waals surface area contributed by atoms with Crippen LogP contribution in [0, 0.1) is 0 Å². The second-order valence-corrected chi connectivity index (χ2v) is 11.1. The van der Waals surface area contributed by atoms with Crippen molar-refractivity contribution < 1.29 is 18.0 Å². The summed E-state index contributed by atoms with van der Waals surface area (Å²) in [6.45, 7) is 3.77. The molecule has 1 N–H and O–H groups in total. The number of fused-ring (bicyclic) bond motifs is 1. The monoisotopic (exact) mass is 453 g/mol. The summed E-state index contributed by atoms with van der Waals surface area (Å²) >= 11 is 1.37. The van der Waals surface area contributed by atoms with Crippen molar-refractivity contribution in [3.05, 3.63) is 18.2 Å². The molecule has 1 aromatic rings. The summed E-state index contributed by atoms with van der Waals surface area (Å²) in [5, 5.41) is 2.87. The maximum Gasteiger partial charge on any atom is 0.243 e. The van der Waals surface area contributed by atoms with Crippen molar-refractivity contribution in [2.24, 2.45) is 0 Å². The van der Waals surface area contributed by atoms with Crippen molar-refractivity contribution in [1.82, 2.24) is 9.62 Å². The lowest BCUT2D eigenvalue weighted by Crippen LogP contribution is -2.45. The first-order valence-corrected chi connectivity index (χ1v) is 13.0. The Balaban J connectivity index is 1.87. The number of nitrogens with zero attached hydrogens (tertiary/aromatic N) is 2. The summed E-state index contributed by atoms with van der Waals surface area (Å²) in [4.78, 5) is 27.3. The molecule has 0 bridgehead atoms. The molecule has 1 aromatic carbocycles. The Morgan fingerprint density at radius 1 is 1.30 bits per heavy atom. The number of hydrogen-bond acceptors (Lipinski definition) is 5. The van der Waals surface area contributed by atoms with Crippen LogP contribution in [0.25, 0.3) is 0 Å². The number of benzene rings is 1. The van der Waals surface area contributed by atoms with Gasteiger partial charge >= 0.3 is 0 Å². The van der Waals surface area contributed by atoms with Crippen molar-refractivity contribution in [2.75, 3.05) is 24.2 Å². The smallest absolute Gasteiger partial charge is 0.243 e. The van der Waals surface area contributed by atoms with Gasteiger partial charge in [-0.05, 0) is 44.4 Å². The fraction of sp³-hybridized carbons (Fsp3) is 0.619. The molecule has 166 valence electrons. The van der Waals surface area contributed by atoms with Gasteiger partial charge in [-0.25, -0.2) is 8.42 Å². The van der Waals surface area contributed by atoms with Crippen LogP contribution >= 0.6 is 11.8 Å². The summed E-state index contributed by atoms with van der Waals surface area (Å²) in [6, 6.07) is 4.92. The average Bonchev–Trinajstić information content (AvgIpc) is 2.75. The largest absolute Gasteiger partial charge is 0.352 e. The van der Waals surface area contributed by atoms with E-state index in [1.165, 1.54) is 21.0 Å². The predicted molar refractivity (Wildman–Crippen MR) is 119 cm³/mol. The van der Waals surface area contributed by atoms with Crippen LogP contribution < -0.4 is 10.2 Å². The van der Waals surface area contributed by atoms with Crippen molar-refractivity contribution >= 4 is 39.3 Å². The number of nitrogens with one attached hydrogen (secondary N) is 1. The van der Waals surface area contributed by atoms with E-state index < -0.39 is 10.0 Å². The zero-order valence-electron chi connectivity index (χ0n) is 17.9. The molecule has 0 aromatic heterocycles. The van der Waals surface area contributed by atoms with E-state index in [1.54, 1.807) is 25.2 Å². The van der Waals surface area contributed by atoms with Gasteiger partial charge in [0.15, 0.2) is 0 Å². The van der Waals surface area contributed by atoms with E-state index in [2.05, 4.69) is 5.32 Å². The van der Waals surface area contributed by atoms with Crippen LogP contribution in [0.3, 0.4) is 0 Å². The van der Waals surface area contributed by atoms with E-state index in [-0.39, 0.29) is 41.1 Å². The Labute approximate surface area is 183 Å². The van der Waals surface area contributed by atoms with E-state index in [1.807, 2.05) is 13.8 Å². The minimum atomic E-state index is -3.68. The minimum Gasteiger partial charge on any atom is -0.352 e. The van der Waals surface area contributed by atoms with Crippen LogP contribution in [0.5, 0.6) is 0 Å². The van der Waals surface area contributed by atoms with Gasteiger partial charge in [0, 0.05) is 24.0 Å². The third-order valence-corrected chi connectivity index (χ3v) is 8.91. The first-order chi connectivity index (χ1) is 14.2. The fourth-order valence-electron chi connectivity index (χ4n) is 3.89. The van der Waals surface area contributed by atoms with Crippen LogP contribution in [0.1, 0.15) is 52.4 Å². The van der Waals surface area contributed by atoms with E-state index >= 15 is 0 Å². The molecule has 1 fully saturated rings. The molecule has 2 amide bonds. The number of carbonyl (C=O) groups is 2. The molecule has 7 nitrogen and oxygen atoms in total. The molecule has 1 aliphatic heterocycles. The SMILES string of the molecule is CC[C@H](C)NC(=O)CN1C(=O)CSc2ccc(S(=O)(=O)N(C)C3CCCCC3)cc21. The van der Waals surface area contributed by atoms with Crippen molar-refractivity contribution in [1.29, 1.82) is 0 Å².